The van der Waals surface area contributed by atoms with Gasteiger partial charge in [-0.1, -0.05) is 13.0 Å². The molecule has 0 fully saturated rings. The molecule has 2 aromatic heterocycles. The molecule has 0 unspecified atom stereocenters. The van der Waals surface area contributed by atoms with E-state index in [1.54, 1.807) is 0 Å². The molecule has 0 amide bonds. The van der Waals surface area contributed by atoms with Gasteiger partial charge in [-0.05, 0) is 38.0 Å². The van der Waals surface area contributed by atoms with Crippen LogP contribution in [0.1, 0.15) is 29.6 Å². The monoisotopic (exact) mass is 249 g/mol. The van der Waals surface area contributed by atoms with Gasteiger partial charge in [0.25, 0.3) is 0 Å². The van der Waals surface area contributed by atoms with Crippen molar-refractivity contribution >= 4 is 11.6 Å². The molecule has 0 atom stereocenters. The molecule has 17 heavy (non-hydrogen) atoms. The van der Waals surface area contributed by atoms with Crippen molar-refractivity contribution in [3.8, 4) is 5.82 Å². The van der Waals surface area contributed by atoms with Crippen molar-refractivity contribution in [2.45, 2.75) is 33.1 Å². The van der Waals surface area contributed by atoms with Gasteiger partial charge in [-0.3, -0.25) is 0 Å². The maximum Gasteiger partial charge on any atom is 0.153 e. The Morgan fingerprint density at radius 3 is 2.65 bits per heavy atom. The second-order valence-corrected chi connectivity index (χ2v) is 4.30. The number of aryl methyl sites for hydroxylation is 1. The van der Waals surface area contributed by atoms with E-state index in [0.717, 1.165) is 29.3 Å². The van der Waals surface area contributed by atoms with Crippen LogP contribution in [0.3, 0.4) is 0 Å². The lowest BCUT2D eigenvalue weighted by Gasteiger charge is -2.05. The molecule has 0 spiro atoms. The van der Waals surface area contributed by atoms with E-state index in [1.165, 1.54) is 5.56 Å². The molecule has 0 aliphatic rings. The van der Waals surface area contributed by atoms with E-state index in [-0.39, 0.29) is 0 Å². The zero-order valence-corrected chi connectivity index (χ0v) is 11.1. The highest BCUT2D eigenvalue weighted by Crippen LogP contribution is 2.17. The first-order valence-corrected chi connectivity index (χ1v) is 6.28. The number of nitrogens with zero attached hydrogens (tertiary/aromatic N) is 3. The quantitative estimate of drug-likeness (QED) is 0.783. The second kappa shape index (κ2) is 4.88. The molecule has 2 heterocycles. The number of rotatable bonds is 3. The molecule has 2 rings (SSSR count). The van der Waals surface area contributed by atoms with Gasteiger partial charge in [0.1, 0.15) is 0 Å². The van der Waals surface area contributed by atoms with Gasteiger partial charge in [0.15, 0.2) is 5.82 Å². The van der Waals surface area contributed by atoms with Crippen LogP contribution in [0.4, 0.5) is 0 Å². The third kappa shape index (κ3) is 2.20. The molecule has 0 saturated heterocycles. The summed E-state index contributed by atoms with van der Waals surface area (Å²) in [6.45, 7) is 6.26. The zero-order valence-electron chi connectivity index (χ0n) is 10.4. The Kier molecular flexibility index (Phi) is 3.48. The third-order valence-electron chi connectivity index (χ3n) is 2.94. The van der Waals surface area contributed by atoms with E-state index >= 15 is 0 Å². The zero-order chi connectivity index (χ0) is 12.4. The van der Waals surface area contributed by atoms with Gasteiger partial charge < -0.3 is 0 Å². The number of alkyl halides is 1. The predicted octanol–water partition coefficient (Wildman–Crippen LogP) is 3.19. The number of hydrogen-bond donors (Lipinski definition) is 0. The Bertz CT molecular complexity index is 531. The van der Waals surface area contributed by atoms with E-state index in [9.17, 15) is 0 Å². The fourth-order valence-corrected chi connectivity index (χ4v) is 2.22. The molecular formula is C13H16ClN3. The minimum atomic E-state index is 0.424. The van der Waals surface area contributed by atoms with Gasteiger partial charge in [0.2, 0.25) is 0 Å². The van der Waals surface area contributed by atoms with Crippen molar-refractivity contribution in [1.82, 2.24) is 14.8 Å². The summed E-state index contributed by atoms with van der Waals surface area (Å²) in [7, 11) is 0. The van der Waals surface area contributed by atoms with E-state index < -0.39 is 0 Å². The van der Waals surface area contributed by atoms with Crippen LogP contribution in [0.25, 0.3) is 5.82 Å². The average molecular weight is 250 g/mol. The summed E-state index contributed by atoms with van der Waals surface area (Å²) in [6, 6.07) is 5.83. The molecule has 90 valence electrons. The van der Waals surface area contributed by atoms with E-state index in [1.807, 2.05) is 29.8 Å². The second-order valence-electron chi connectivity index (χ2n) is 4.04. The van der Waals surface area contributed by atoms with Crippen molar-refractivity contribution in [3.63, 3.8) is 0 Å². The summed E-state index contributed by atoms with van der Waals surface area (Å²) < 4.78 is 1.89. The van der Waals surface area contributed by atoms with Crippen LogP contribution in [-0.4, -0.2) is 14.8 Å². The topological polar surface area (TPSA) is 30.7 Å². The first-order chi connectivity index (χ1) is 8.17. The van der Waals surface area contributed by atoms with Crippen LogP contribution in [0.15, 0.2) is 18.2 Å². The lowest BCUT2D eigenvalue weighted by molar-refractivity contribution is 0.799. The van der Waals surface area contributed by atoms with Crippen LogP contribution in [0, 0.1) is 13.8 Å². The smallest absolute Gasteiger partial charge is 0.153 e. The minimum absolute atomic E-state index is 0.424. The number of aromatic nitrogens is 3. The lowest BCUT2D eigenvalue weighted by Crippen LogP contribution is -2.03. The maximum atomic E-state index is 5.80. The summed E-state index contributed by atoms with van der Waals surface area (Å²) in [4.78, 5) is 4.48. The van der Waals surface area contributed by atoms with Gasteiger partial charge in [0.05, 0.1) is 17.3 Å². The van der Waals surface area contributed by atoms with E-state index in [4.69, 9.17) is 11.6 Å². The highest BCUT2D eigenvalue weighted by molar-refractivity contribution is 6.16. The third-order valence-corrected chi connectivity index (χ3v) is 3.21. The summed E-state index contributed by atoms with van der Waals surface area (Å²) in [6.07, 6.45) is 0.993. The number of pyridine rings is 1. The Morgan fingerprint density at radius 2 is 2.06 bits per heavy atom. The van der Waals surface area contributed by atoms with Crippen LogP contribution < -0.4 is 0 Å². The Hall–Kier alpha value is -1.35. The largest absolute Gasteiger partial charge is 0.232 e. The summed E-state index contributed by atoms with van der Waals surface area (Å²) in [5.74, 6) is 1.26. The molecule has 4 heteroatoms. The Morgan fingerprint density at radius 1 is 1.29 bits per heavy atom. The highest BCUT2D eigenvalue weighted by Gasteiger charge is 2.11. The standard InChI is InChI=1S/C13H16ClN3/c1-4-12-9(2)16-17(10(12)3)13-7-5-6-11(8-14)15-13/h5-7H,4,8H2,1-3H3. The number of hydrogen-bond acceptors (Lipinski definition) is 2. The van der Waals surface area contributed by atoms with Gasteiger partial charge in [-0.25, -0.2) is 9.67 Å². The van der Waals surface area contributed by atoms with Crippen LogP contribution in [0.5, 0.6) is 0 Å². The molecule has 0 aliphatic carbocycles. The molecule has 0 saturated carbocycles. The predicted molar refractivity (Wildman–Crippen MR) is 69.8 cm³/mol. The van der Waals surface area contributed by atoms with E-state index in [2.05, 4.69) is 23.9 Å². The van der Waals surface area contributed by atoms with Crippen LogP contribution >= 0.6 is 11.6 Å². The summed E-state index contributed by atoms with van der Waals surface area (Å²) in [5, 5.41) is 4.54. The first-order valence-electron chi connectivity index (χ1n) is 5.74. The fourth-order valence-electron chi connectivity index (χ4n) is 2.07. The number of halogens is 1. The lowest BCUT2D eigenvalue weighted by atomic mass is 10.1. The Labute approximate surface area is 106 Å². The van der Waals surface area contributed by atoms with Gasteiger partial charge in [-0.15, -0.1) is 11.6 Å². The van der Waals surface area contributed by atoms with Crippen molar-refractivity contribution in [2.24, 2.45) is 0 Å². The van der Waals surface area contributed by atoms with Crippen molar-refractivity contribution < 1.29 is 0 Å². The summed E-state index contributed by atoms with van der Waals surface area (Å²) in [5.41, 5.74) is 4.39. The molecule has 2 aromatic rings. The molecule has 0 N–H and O–H groups in total. The highest BCUT2D eigenvalue weighted by atomic mass is 35.5. The average Bonchev–Trinajstić information content (AvgIpc) is 2.64. The van der Waals surface area contributed by atoms with Crippen LogP contribution in [0.2, 0.25) is 0 Å². The van der Waals surface area contributed by atoms with Gasteiger partial charge in [-0.2, -0.15) is 5.10 Å². The van der Waals surface area contributed by atoms with E-state index in [0.29, 0.717) is 5.88 Å². The maximum absolute atomic E-state index is 5.80. The molecular weight excluding hydrogens is 234 g/mol. The minimum Gasteiger partial charge on any atom is -0.232 e. The fraction of sp³-hybridized carbons (Fsp3) is 0.385. The molecule has 0 aromatic carbocycles. The SMILES string of the molecule is CCc1c(C)nn(-c2cccc(CCl)n2)c1C. The van der Waals surface area contributed by atoms with Crippen molar-refractivity contribution in [3.05, 3.63) is 40.8 Å². The van der Waals surface area contributed by atoms with Crippen molar-refractivity contribution in [1.29, 1.82) is 0 Å². The van der Waals surface area contributed by atoms with Crippen molar-refractivity contribution in [2.75, 3.05) is 0 Å². The molecule has 0 bridgehead atoms. The first kappa shape index (κ1) is 12.1. The van der Waals surface area contributed by atoms with Crippen LogP contribution in [-0.2, 0) is 12.3 Å². The molecule has 3 nitrogen and oxygen atoms in total. The van der Waals surface area contributed by atoms with Gasteiger partial charge >= 0.3 is 0 Å². The molecule has 0 radical (unpaired) electrons. The normalized spacial score (nSPS) is 10.8. The summed E-state index contributed by atoms with van der Waals surface area (Å²) >= 11 is 5.80. The van der Waals surface area contributed by atoms with Gasteiger partial charge in [0, 0.05) is 5.69 Å². The molecule has 0 aliphatic heterocycles. The Balaban J connectivity index is 2.52.